The second-order valence-corrected chi connectivity index (χ2v) is 5.66. The van der Waals surface area contributed by atoms with Crippen molar-refractivity contribution in [3.8, 4) is 0 Å². The van der Waals surface area contributed by atoms with Crippen LogP contribution in [0.15, 0.2) is 0 Å². The van der Waals surface area contributed by atoms with Crippen LogP contribution in [0.3, 0.4) is 0 Å². The Balaban J connectivity index is 2.65. The highest BCUT2D eigenvalue weighted by Crippen LogP contribution is 2.36. The van der Waals surface area contributed by atoms with Gasteiger partial charge < -0.3 is 9.77 Å². The van der Waals surface area contributed by atoms with Gasteiger partial charge in [0, 0.05) is 12.3 Å². The predicted molar refractivity (Wildman–Crippen MR) is 64.2 cm³/mol. The lowest BCUT2D eigenvalue weighted by atomic mass is 9.84. The molecule has 0 unspecified atom stereocenters. The van der Waals surface area contributed by atoms with Crippen LogP contribution in [0.1, 0.15) is 39.3 Å². The van der Waals surface area contributed by atoms with Crippen molar-refractivity contribution in [1.29, 1.82) is 0 Å². The molecule has 2 rings (SSSR count). The maximum Gasteiger partial charge on any atom is 0.355 e. The summed E-state index contributed by atoms with van der Waals surface area (Å²) in [5, 5.41) is 33.3. The monoisotopic (exact) mass is 252 g/mol. The van der Waals surface area contributed by atoms with E-state index in [4.69, 9.17) is 0 Å². The molecule has 1 aliphatic heterocycles. The minimum Gasteiger partial charge on any atom is -0.714 e. The van der Waals surface area contributed by atoms with Gasteiger partial charge >= 0.3 is 5.84 Å². The first-order valence-electron chi connectivity index (χ1n) is 5.80. The van der Waals surface area contributed by atoms with E-state index in [1.807, 2.05) is 0 Å². The Bertz CT molecular complexity index is 530. The van der Waals surface area contributed by atoms with Crippen molar-refractivity contribution in [2.75, 3.05) is 0 Å². The number of nitrogens with zero attached hydrogens (tertiary/aromatic N) is 5. The van der Waals surface area contributed by atoms with Crippen LogP contribution < -0.4 is 0 Å². The molecule has 0 saturated carbocycles. The van der Waals surface area contributed by atoms with Gasteiger partial charge in [-0.3, -0.25) is 4.74 Å². The summed E-state index contributed by atoms with van der Waals surface area (Å²) < 4.78 is 2.38. The number of hydroxylamine groups is 3. The summed E-state index contributed by atoms with van der Waals surface area (Å²) >= 11 is 0. The number of aromatic nitrogens is 3. The summed E-state index contributed by atoms with van der Waals surface area (Å²) in [5.41, 5.74) is -1.66. The lowest BCUT2D eigenvalue weighted by molar-refractivity contribution is -0.539. The molecule has 1 radical (unpaired) electrons. The van der Waals surface area contributed by atoms with Crippen molar-refractivity contribution in [3.05, 3.63) is 16.9 Å². The van der Waals surface area contributed by atoms with E-state index in [-0.39, 0.29) is 5.84 Å². The predicted octanol–water partition coefficient (Wildman–Crippen LogP) is 0.599. The first kappa shape index (κ1) is 12.8. The molecule has 7 heteroatoms. The van der Waals surface area contributed by atoms with Gasteiger partial charge in [-0.05, 0) is 34.6 Å². The summed E-state index contributed by atoms with van der Waals surface area (Å²) in [4.78, 5) is 0. The van der Waals surface area contributed by atoms with Gasteiger partial charge in [-0.15, -0.1) is 10.2 Å². The fraction of sp³-hybridized carbons (Fsp3) is 0.727. The van der Waals surface area contributed by atoms with Crippen molar-refractivity contribution in [2.45, 2.75) is 45.7 Å². The smallest absolute Gasteiger partial charge is 0.355 e. The van der Waals surface area contributed by atoms with Gasteiger partial charge in [-0.25, -0.2) is 0 Å². The molecule has 0 bridgehead atoms. The molecule has 1 aromatic heterocycles. The molecule has 99 valence electrons. The van der Waals surface area contributed by atoms with Gasteiger partial charge in [0.1, 0.15) is 11.4 Å². The summed E-state index contributed by atoms with van der Waals surface area (Å²) in [5.74, 6) is 0.978. The molecule has 1 aromatic rings. The zero-order chi connectivity index (χ0) is 13.9. The Labute approximate surface area is 106 Å². The van der Waals surface area contributed by atoms with Gasteiger partial charge in [0.2, 0.25) is 5.82 Å². The first-order chi connectivity index (χ1) is 8.12. The van der Waals surface area contributed by atoms with E-state index >= 15 is 0 Å². The minimum absolute atomic E-state index is 0.0214. The summed E-state index contributed by atoms with van der Waals surface area (Å²) in [6.07, 6.45) is 0. The summed E-state index contributed by atoms with van der Waals surface area (Å²) in [7, 11) is 1.73. The summed E-state index contributed by atoms with van der Waals surface area (Å²) in [6, 6.07) is 0. The van der Waals surface area contributed by atoms with Crippen LogP contribution >= 0.6 is 0 Å². The van der Waals surface area contributed by atoms with Gasteiger partial charge in [0.15, 0.2) is 5.54 Å². The van der Waals surface area contributed by atoms with Gasteiger partial charge in [0.25, 0.3) is 0 Å². The van der Waals surface area contributed by atoms with Gasteiger partial charge in [-0.1, -0.05) is 5.06 Å². The molecular formula is C11H18N5O2. The third-order valence-corrected chi connectivity index (χ3v) is 4.19. The number of rotatable bonds is 1. The Hall–Kier alpha value is -1.63. The van der Waals surface area contributed by atoms with Crippen LogP contribution in [-0.2, 0) is 12.3 Å². The Morgan fingerprint density at radius 3 is 2.11 bits per heavy atom. The van der Waals surface area contributed by atoms with E-state index in [0.29, 0.717) is 11.6 Å². The van der Waals surface area contributed by atoms with Crippen LogP contribution in [0, 0.1) is 12.1 Å². The highest BCUT2D eigenvalue weighted by Gasteiger charge is 2.61. The quantitative estimate of drug-likeness (QED) is 0.541. The maximum atomic E-state index is 12.4. The van der Waals surface area contributed by atoms with Gasteiger partial charge in [0.05, 0.1) is 0 Å². The van der Waals surface area contributed by atoms with Crippen molar-refractivity contribution in [3.63, 3.8) is 0 Å². The molecule has 0 saturated heterocycles. The van der Waals surface area contributed by atoms with Crippen LogP contribution in [0.25, 0.3) is 0 Å². The van der Waals surface area contributed by atoms with E-state index in [1.165, 1.54) is 0 Å². The third kappa shape index (κ3) is 1.30. The molecule has 0 N–H and O–H groups in total. The van der Waals surface area contributed by atoms with E-state index in [2.05, 4.69) is 10.2 Å². The van der Waals surface area contributed by atoms with Gasteiger partial charge in [-0.2, -0.15) is 0 Å². The molecule has 2 heterocycles. The van der Waals surface area contributed by atoms with Crippen molar-refractivity contribution < 1.29 is 9.95 Å². The summed E-state index contributed by atoms with van der Waals surface area (Å²) in [6.45, 7) is 8.77. The largest absolute Gasteiger partial charge is 0.714 e. The van der Waals surface area contributed by atoms with Crippen molar-refractivity contribution in [1.82, 2.24) is 19.8 Å². The molecule has 0 aromatic carbocycles. The second kappa shape index (κ2) is 3.44. The highest BCUT2D eigenvalue weighted by atomic mass is 16.5. The van der Waals surface area contributed by atoms with E-state index in [1.54, 1.807) is 46.2 Å². The molecular weight excluding hydrogens is 234 g/mol. The lowest BCUT2D eigenvalue weighted by Crippen LogP contribution is -2.53. The van der Waals surface area contributed by atoms with E-state index in [9.17, 15) is 10.4 Å². The third-order valence-electron chi connectivity index (χ3n) is 4.19. The Morgan fingerprint density at radius 2 is 1.78 bits per heavy atom. The standard InChI is InChI=1S/C11H18N5O2/c1-7-12-13-8(14(7)6)9-15(17)10(2,3)11(4,5)16(9)18/h1-6H3. The Kier molecular flexibility index (Phi) is 2.45. The molecule has 0 atom stereocenters. The van der Waals surface area contributed by atoms with Crippen molar-refractivity contribution >= 4 is 5.84 Å². The molecule has 0 spiro atoms. The molecule has 0 fully saturated rings. The molecule has 1 aliphatic rings. The number of amidine groups is 1. The van der Waals surface area contributed by atoms with Crippen LogP contribution in [0.5, 0.6) is 0 Å². The number of hydrogen-bond donors (Lipinski definition) is 0. The van der Waals surface area contributed by atoms with E-state index < -0.39 is 11.1 Å². The molecule has 0 amide bonds. The normalized spacial score (nSPS) is 21.8. The lowest BCUT2D eigenvalue weighted by Gasteiger charge is -2.32. The van der Waals surface area contributed by atoms with Crippen LogP contribution in [-0.4, -0.2) is 41.5 Å². The zero-order valence-electron chi connectivity index (χ0n) is 11.6. The molecule has 18 heavy (non-hydrogen) atoms. The van der Waals surface area contributed by atoms with Crippen LogP contribution in [0.2, 0.25) is 0 Å². The van der Waals surface area contributed by atoms with Crippen LogP contribution in [0.4, 0.5) is 0 Å². The molecule has 0 aliphatic carbocycles. The van der Waals surface area contributed by atoms with Crippen molar-refractivity contribution in [2.24, 2.45) is 7.05 Å². The maximum absolute atomic E-state index is 12.4. The first-order valence-corrected chi connectivity index (χ1v) is 5.80. The zero-order valence-corrected chi connectivity index (χ0v) is 11.6. The molecule has 7 nitrogen and oxygen atoms in total. The fourth-order valence-corrected chi connectivity index (χ4v) is 1.89. The SMILES string of the molecule is Cc1nnc(C2=[N+]([O-])C(C)(C)C(C)(C)N2[O])n1C. The Morgan fingerprint density at radius 1 is 1.22 bits per heavy atom. The topological polar surface area (TPSA) is 79.9 Å². The minimum atomic E-state index is -0.829. The second-order valence-electron chi connectivity index (χ2n) is 5.66. The highest BCUT2D eigenvalue weighted by molar-refractivity contribution is 5.92. The fourth-order valence-electron chi connectivity index (χ4n) is 1.89. The number of aryl methyl sites for hydroxylation is 1. The van der Waals surface area contributed by atoms with E-state index in [0.717, 1.165) is 9.80 Å². The average Bonchev–Trinajstić information content (AvgIpc) is 2.64. The number of hydrogen-bond acceptors (Lipinski definition) is 4. The average molecular weight is 252 g/mol.